The molecular weight excluding hydrogens is 357 g/mol. The topological polar surface area (TPSA) is 114 Å². The third kappa shape index (κ3) is 3.27. The van der Waals surface area contributed by atoms with Gasteiger partial charge in [0.2, 0.25) is 0 Å². The summed E-state index contributed by atoms with van der Waals surface area (Å²) < 4.78 is 19.0. The van der Waals surface area contributed by atoms with Gasteiger partial charge in [-0.15, -0.1) is 11.3 Å². The number of primary amides is 1. The first-order chi connectivity index (χ1) is 12.4. The van der Waals surface area contributed by atoms with Gasteiger partial charge in [0, 0.05) is 6.07 Å². The van der Waals surface area contributed by atoms with Crippen molar-refractivity contribution in [1.82, 2.24) is 9.97 Å². The molecule has 0 spiro atoms. The standard InChI is InChI=1S/C17H14FN5O2S/c1-8(6-19)25-12-5-10(18)3-4-11(12)23-16-13-9(2)14(15(20)24)26-17(13)22-7-21-16/h3-5,7-8H,1-2H3,(H2,20,24)(H,21,22,23). The van der Waals surface area contributed by atoms with Gasteiger partial charge in [0.15, 0.2) is 6.10 Å². The van der Waals surface area contributed by atoms with Crippen molar-refractivity contribution in [3.8, 4) is 11.8 Å². The van der Waals surface area contributed by atoms with Crippen molar-refractivity contribution < 1.29 is 13.9 Å². The SMILES string of the molecule is Cc1c(C(N)=O)sc2ncnc(Nc3ccc(F)cc3OC(C)C#N)c12. The maximum absolute atomic E-state index is 13.6. The molecule has 2 heterocycles. The minimum Gasteiger partial charge on any atom is -0.474 e. The van der Waals surface area contributed by atoms with Gasteiger partial charge in [-0.3, -0.25) is 4.79 Å². The van der Waals surface area contributed by atoms with Crippen molar-refractivity contribution in [2.24, 2.45) is 5.73 Å². The summed E-state index contributed by atoms with van der Waals surface area (Å²) in [6.45, 7) is 3.31. The Morgan fingerprint density at radius 1 is 1.46 bits per heavy atom. The number of nitrogens with two attached hydrogens (primary N) is 1. The van der Waals surface area contributed by atoms with E-state index in [1.54, 1.807) is 13.8 Å². The second-order valence-corrected chi connectivity index (χ2v) is 6.48. The van der Waals surface area contributed by atoms with E-state index >= 15 is 0 Å². The van der Waals surface area contributed by atoms with Gasteiger partial charge < -0.3 is 15.8 Å². The van der Waals surface area contributed by atoms with Gasteiger partial charge in [-0.05, 0) is 31.5 Å². The molecule has 3 N–H and O–H groups in total. The summed E-state index contributed by atoms with van der Waals surface area (Å²) in [7, 11) is 0. The molecule has 3 aromatic rings. The highest BCUT2D eigenvalue weighted by molar-refractivity contribution is 7.20. The second-order valence-electron chi connectivity index (χ2n) is 5.48. The van der Waals surface area contributed by atoms with Crippen LogP contribution in [-0.2, 0) is 0 Å². The maximum Gasteiger partial charge on any atom is 0.259 e. The molecule has 0 radical (unpaired) electrons. The Morgan fingerprint density at radius 2 is 2.23 bits per heavy atom. The number of halogens is 1. The summed E-state index contributed by atoms with van der Waals surface area (Å²) in [5, 5.41) is 12.6. The molecule has 0 saturated carbocycles. The van der Waals surface area contributed by atoms with Gasteiger partial charge in [0.05, 0.1) is 16.0 Å². The van der Waals surface area contributed by atoms with Gasteiger partial charge in [-0.25, -0.2) is 14.4 Å². The van der Waals surface area contributed by atoms with Crippen LogP contribution in [0.2, 0.25) is 0 Å². The maximum atomic E-state index is 13.6. The van der Waals surface area contributed by atoms with Gasteiger partial charge in [-0.2, -0.15) is 5.26 Å². The number of nitriles is 1. The van der Waals surface area contributed by atoms with Crippen LogP contribution in [0.25, 0.3) is 10.2 Å². The smallest absolute Gasteiger partial charge is 0.259 e. The highest BCUT2D eigenvalue weighted by Gasteiger charge is 2.18. The number of nitrogens with zero attached hydrogens (tertiary/aromatic N) is 3. The monoisotopic (exact) mass is 371 g/mol. The lowest BCUT2D eigenvalue weighted by Crippen LogP contribution is -2.10. The molecule has 0 aliphatic rings. The van der Waals surface area contributed by atoms with E-state index in [1.165, 1.54) is 35.9 Å². The number of rotatable bonds is 5. The second kappa shape index (κ2) is 6.93. The molecule has 0 saturated heterocycles. The molecule has 9 heteroatoms. The third-order valence-electron chi connectivity index (χ3n) is 3.63. The number of aryl methyl sites for hydroxylation is 1. The predicted octanol–water partition coefficient (Wildman–Crippen LogP) is 3.27. The van der Waals surface area contributed by atoms with Crippen LogP contribution in [0.3, 0.4) is 0 Å². The molecule has 3 rings (SSSR count). The molecule has 2 aromatic heterocycles. The molecule has 0 fully saturated rings. The largest absolute Gasteiger partial charge is 0.474 e. The lowest BCUT2D eigenvalue weighted by molar-refractivity contribution is 0.100. The van der Waals surface area contributed by atoms with Gasteiger partial charge in [-0.1, -0.05) is 0 Å². The number of anilines is 2. The molecule has 1 aromatic carbocycles. The predicted molar refractivity (Wildman–Crippen MR) is 96.1 cm³/mol. The van der Waals surface area contributed by atoms with E-state index in [9.17, 15) is 9.18 Å². The molecule has 1 amide bonds. The summed E-state index contributed by atoms with van der Waals surface area (Å²) in [5.41, 5.74) is 6.50. The minimum atomic E-state index is -0.757. The Kier molecular flexibility index (Phi) is 4.69. The van der Waals surface area contributed by atoms with E-state index in [0.29, 0.717) is 32.2 Å². The third-order valence-corrected chi connectivity index (χ3v) is 4.85. The quantitative estimate of drug-likeness (QED) is 0.711. The zero-order valence-corrected chi connectivity index (χ0v) is 14.7. The molecule has 0 bridgehead atoms. The number of nitrogens with one attached hydrogen (secondary N) is 1. The number of carbonyl (C=O) groups is 1. The van der Waals surface area contributed by atoms with E-state index in [0.717, 1.165) is 0 Å². The van der Waals surface area contributed by atoms with E-state index in [-0.39, 0.29) is 5.75 Å². The molecule has 1 unspecified atom stereocenters. The Labute approximate surface area is 152 Å². The zero-order chi connectivity index (χ0) is 18.8. The van der Waals surface area contributed by atoms with Crippen LogP contribution in [-0.4, -0.2) is 22.0 Å². The number of hydrogen-bond donors (Lipinski definition) is 2. The van der Waals surface area contributed by atoms with E-state index in [4.69, 9.17) is 15.7 Å². The number of hydrogen-bond acceptors (Lipinski definition) is 7. The fourth-order valence-electron chi connectivity index (χ4n) is 2.44. The van der Waals surface area contributed by atoms with Gasteiger partial charge >= 0.3 is 0 Å². The molecule has 1 atom stereocenters. The van der Waals surface area contributed by atoms with E-state index in [2.05, 4.69) is 15.3 Å². The lowest BCUT2D eigenvalue weighted by Gasteiger charge is -2.14. The molecule has 0 aliphatic heterocycles. The molecule has 26 heavy (non-hydrogen) atoms. The Bertz CT molecular complexity index is 1040. The van der Waals surface area contributed by atoms with Crippen LogP contribution in [0.5, 0.6) is 5.75 Å². The molecule has 0 aliphatic carbocycles. The number of fused-ring (bicyclic) bond motifs is 1. The van der Waals surface area contributed by atoms with Crippen LogP contribution in [0.1, 0.15) is 22.2 Å². The first-order valence-corrected chi connectivity index (χ1v) is 8.39. The van der Waals surface area contributed by atoms with Crippen LogP contribution < -0.4 is 15.8 Å². The van der Waals surface area contributed by atoms with Crippen LogP contribution in [0.15, 0.2) is 24.5 Å². The number of ether oxygens (including phenoxy) is 1. The summed E-state index contributed by atoms with van der Waals surface area (Å²) >= 11 is 1.18. The van der Waals surface area contributed by atoms with Crippen molar-refractivity contribution in [2.45, 2.75) is 20.0 Å². The number of carbonyl (C=O) groups excluding carboxylic acids is 1. The average Bonchev–Trinajstić information content (AvgIpc) is 2.95. The highest BCUT2D eigenvalue weighted by atomic mass is 32.1. The van der Waals surface area contributed by atoms with Crippen LogP contribution >= 0.6 is 11.3 Å². The fourth-order valence-corrected chi connectivity index (χ4v) is 3.44. The van der Waals surface area contributed by atoms with Crippen molar-refractivity contribution in [3.05, 3.63) is 40.8 Å². The van der Waals surface area contributed by atoms with Crippen LogP contribution in [0, 0.1) is 24.1 Å². The van der Waals surface area contributed by atoms with Gasteiger partial charge in [0.1, 0.15) is 34.6 Å². The Balaban J connectivity index is 2.07. The minimum absolute atomic E-state index is 0.175. The zero-order valence-electron chi connectivity index (χ0n) is 13.9. The summed E-state index contributed by atoms with van der Waals surface area (Å²) in [6, 6.07) is 5.86. The first-order valence-electron chi connectivity index (χ1n) is 7.57. The highest BCUT2D eigenvalue weighted by Crippen LogP contribution is 2.36. The van der Waals surface area contributed by atoms with Crippen molar-refractivity contribution in [1.29, 1.82) is 5.26 Å². The summed E-state index contributed by atoms with van der Waals surface area (Å²) in [6.07, 6.45) is 0.597. The van der Waals surface area contributed by atoms with E-state index < -0.39 is 17.8 Å². The lowest BCUT2D eigenvalue weighted by atomic mass is 10.2. The molecule has 132 valence electrons. The number of amides is 1. The van der Waals surface area contributed by atoms with Gasteiger partial charge in [0.25, 0.3) is 5.91 Å². The normalized spacial score (nSPS) is 11.8. The van der Waals surface area contributed by atoms with Crippen LogP contribution in [0.4, 0.5) is 15.9 Å². The summed E-state index contributed by atoms with van der Waals surface area (Å²) in [4.78, 5) is 21.0. The first kappa shape index (κ1) is 17.6. The Hall–Kier alpha value is -3.25. The average molecular weight is 371 g/mol. The fraction of sp³-hybridized carbons (Fsp3) is 0.176. The van der Waals surface area contributed by atoms with Crippen molar-refractivity contribution in [3.63, 3.8) is 0 Å². The molecule has 7 nitrogen and oxygen atoms in total. The van der Waals surface area contributed by atoms with Crippen molar-refractivity contribution in [2.75, 3.05) is 5.32 Å². The summed E-state index contributed by atoms with van der Waals surface area (Å²) in [5.74, 6) is -0.428. The number of thiophene rings is 1. The van der Waals surface area contributed by atoms with Crippen molar-refractivity contribution >= 4 is 39.0 Å². The number of aromatic nitrogens is 2. The van der Waals surface area contributed by atoms with E-state index in [1.807, 2.05) is 6.07 Å². The number of benzene rings is 1. The molecular formula is C17H14FN5O2S. The Morgan fingerprint density at radius 3 is 2.92 bits per heavy atom.